The van der Waals surface area contributed by atoms with E-state index in [-0.39, 0.29) is 18.7 Å². The fraction of sp³-hybridized carbons (Fsp3) is 0.394. The molecule has 6 N–H and O–H groups in total. The van der Waals surface area contributed by atoms with Crippen molar-refractivity contribution in [2.75, 3.05) is 26.9 Å². The normalized spacial score (nSPS) is 12.5. The molecule has 0 unspecified atom stereocenters. The van der Waals surface area contributed by atoms with Crippen molar-refractivity contribution in [1.82, 2.24) is 16.0 Å². The molecule has 0 aromatic heterocycles. The number of esters is 1. The third-order valence-corrected chi connectivity index (χ3v) is 6.58. The number of hydrogen-bond acceptors (Lipinski definition) is 7. The smallest absolute Gasteiger partial charge is 0.328 e. The minimum absolute atomic E-state index is 0.167. The summed E-state index contributed by atoms with van der Waals surface area (Å²) >= 11 is 0. The summed E-state index contributed by atoms with van der Waals surface area (Å²) in [7, 11) is 1.25. The Bertz CT molecular complexity index is 1230. The molecule has 0 aliphatic heterocycles. The Kier molecular flexibility index (Phi) is 15.8. The zero-order valence-corrected chi connectivity index (χ0v) is 25.6. The molecular weight excluding hydrogens is 564 g/mol. The largest absolute Gasteiger partial charge is 0.490 e. The van der Waals surface area contributed by atoms with Gasteiger partial charge in [-0.15, -0.1) is 0 Å². The first-order valence-electron chi connectivity index (χ1n) is 14.6. The van der Waals surface area contributed by atoms with E-state index >= 15 is 0 Å². The monoisotopic (exact) mass is 609 g/mol. The zero-order valence-electron chi connectivity index (χ0n) is 25.6. The van der Waals surface area contributed by atoms with Crippen LogP contribution in [0.1, 0.15) is 37.3 Å². The highest BCUT2D eigenvalue weighted by atomic mass is 16.5. The molecule has 3 amide bonds. The molecule has 0 bridgehead atoms. The second-order valence-corrected chi connectivity index (χ2v) is 10.1. The van der Waals surface area contributed by atoms with Crippen molar-refractivity contribution in [2.45, 2.75) is 57.2 Å². The first-order chi connectivity index (χ1) is 21.2. The van der Waals surface area contributed by atoms with Crippen molar-refractivity contribution in [3.8, 4) is 11.5 Å². The molecule has 2 rings (SSSR count). The highest BCUT2D eigenvalue weighted by Crippen LogP contribution is 2.16. The van der Waals surface area contributed by atoms with Crippen LogP contribution in [0.25, 0.3) is 0 Å². The number of carbonyl (C=O) groups is 4. The third-order valence-electron chi connectivity index (χ3n) is 6.58. The lowest BCUT2D eigenvalue weighted by atomic mass is 10.0. The lowest BCUT2D eigenvalue weighted by Gasteiger charge is -2.25. The minimum atomic E-state index is -0.993. The van der Waals surface area contributed by atoms with Gasteiger partial charge in [-0.25, -0.2) is 4.79 Å². The molecule has 0 spiro atoms. The Hall–Kier alpha value is -4.64. The van der Waals surface area contributed by atoms with Crippen LogP contribution in [-0.2, 0) is 36.8 Å². The van der Waals surface area contributed by atoms with Crippen LogP contribution in [0.5, 0.6) is 11.5 Å². The molecule has 0 aliphatic carbocycles. The molecule has 0 radical (unpaired) electrons. The Morgan fingerprint density at radius 2 is 1.23 bits per heavy atom. The average molecular weight is 610 g/mol. The van der Waals surface area contributed by atoms with Crippen LogP contribution in [0.3, 0.4) is 0 Å². The standard InChI is InChI=1S/C33H44N4O7/c1-5-19-43-26-14-10-24(11-15-26)21-29(35-23(3)38)32(40)36-28(9-7-8-18-34)31(39)37-30(33(41)42-4)22-25-12-16-27(17-13-25)44-20-6-2/h5-6,10-17,28-30H,1-2,7-9,18-22,34H2,3-4H3,(H,35,38)(H,36,40)(H,37,39)/p+1/t28-,29+,30+/m1/s1. The molecule has 11 nitrogen and oxygen atoms in total. The number of quaternary nitrogens is 1. The van der Waals surface area contributed by atoms with Crippen LogP contribution in [0.2, 0.25) is 0 Å². The summed E-state index contributed by atoms with van der Waals surface area (Å²) in [5.74, 6) is -0.772. The number of ether oxygens (including phenoxy) is 3. The van der Waals surface area contributed by atoms with E-state index in [9.17, 15) is 19.2 Å². The maximum absolute atomic E-state index is 13.5. The summed E-state index contributed by atoms with van der Waals surface area (Å²) in [6, 6.07) is 11.4. The van der Waals surface area contributed by atoms with Crippen molar-refractivity contribution in [3.63, 3.8) is 0 Å². The Labute approximate surface area is 259 Å². The molecule has 0 fully saturated rings. The van der Waals surface area contributed by atoms with Gasteiger partial charge < -0.3 is 35.9 Å². The first kappa shape index (κ1) is 35.6. The third kappa shape index (κ3) is 12.7. The minimum Gasteiger partial charge on any atom is -0.490 e. The van der Waals surface area contributed by atoms with Crippen LogP contribution in [0, 0.1) is 0 Å². The Morgan fingerprint density at radius 1 is 0.750 bits per heavy atom. The average Bonchev–Trinajstić information content (AvgIpc) is 3.02. The second kappa shape index (κ2) is 19.5. The summed E-state index contributed by atoms with van der Waals surface area (Å²) in [4.78, 5) is 51.6. The van der Waals surface area contributed by atoms with E-state index in [4.69, 9.17) is 14.2 Å². The van der Waals surface area contributed by atoms with Crippen LogP contribution >= 0.6 is 0 Å². The van der Waals surface area contributed by atoms with Gasteiger partial charge in [0.05, 0.1) is 13.7 Å². The van der Waals surface area contributed by atoms with Gasteiger partial charge in [0.25, 0.3) is 0 Å². The topological polar surface area (TPSA) is 160 Å². The number of nitrogens with one attached hydrogen (secondary N) is 3. The molecule has 44 heavy (non-hydrogen) atoms. The SMILES string of the molecule is C=CCOc1ccc(C[C@H](NC(C)=O)C(=O)N[C@H](CCCC[NH3+])C(=O)N[C@@H](Cc2ccc(OCC=C)cc2)C(=O)OC)cc1. The number of unbranched alkanes of at least 4 members (excludes halogenated alkanes) is 1. The number of hydrogen-bond donors (Lipinski definition) is 4. The highest BCUT2D eigenvalue weighted by Gasteiger charge is 2.30. The van der Waals surface area contributed by atoms with Gasteiger partial charge in [0, 0.05) is 19.8 Å². The predicted octanol–water partition coefficient (Wildman–Crippen LogP) is 1.66. The number of benzene rings is 2. The Morgan fingerprint density at radius 3 is 1.68 bits per heavy atom. The summed E-state index contributed by atoms with van der Waals surface area (Å²) < 4.78 is 16.0. The van der Waals surface area contributed by atoms with Crippen LogP contribution in [0.4, 0.5) is 0 Å². The molecule has 238 valence electrons. The van der Waals surface area contributed by atoms with Gasteiger partial charge in [-0.2, -0.15) is 0 Å². The van der Waals surface area contributed by atoms with Crippen molar-refractivity contribution in [3.05, 3.63) is 85.0 Å². The van der Waals surface area contributed by atoms with Gasteiger partial charge in [-0.3, -0.25) is 14.4 Å². The van der Waals surface area contributed by atoms with E-state index in [2.05, 4.69) is 34.8 Å². The molecule has 0 aliphatic rings. The van der Waals surface area contributed by atoms with Crippen molar-refractivity contribution >= 4 is 23.7 Å². The van der Waals surface area contributed by atoms with Crippen LogP contribution in [-0.4, -0.2) is 68.7 Å². The van der Waals surface area contributed by atoms with Crippen molar-refractivity contribution in [1.29, 1.82) is 0 Å². The second-order valence-electron chi connectivity index (χ2n) is 10.1. The van der Waals surface area contributed by atoms with E-state index in [1.165, 1.54) is 14.0 Å². The molecule has 0 heterocycles. The first-order valence-corrected chi connectivity index (χ1v) is 14.6. The fourth-order valence-corrected chi connectivity index (χ4v) is 4.35. The number of carbonyl (C=O) groups excluding carboxylic acids is 4. The van der Waals surface area contributed by atoms with Gasteiger partial charge in [0.15, 0.2) is 0 Å². The quantitative estimate of drug-likeness (QED) is 0.101. The van der Waals surface area contributed by atoms with E-state index in [0.29, 0.717) is 44.1 Å². The van der Waals surface area contributed by atoms with E-state index in [1.807, 2.05) is 0 Å². The van der Waals surface area contributed by atoms with Gasteiger partial charge in [0.1, 0.15) is 42.8 Å². The number of rotatable bonds is 20. The fourth-order valence-electron chi connectivity index (χ4n) is 4.35. The zero-order chi connectivity index (χ0) is 32.3. The summed E-state index contributed by atoms with van der Waals surface area (Å²) in [5, 5.41) is 8.23. The van der Waals surface area contributed by atoms with E-state index in [1.54, 1.807) is 60.7 Å². The molecule has 11 heteroatoms. The van der Waals surface area contributed by atoms with Gasteiger partial charge >= 0.3 is 5.97 Å². The maximum atomic E-state index is 13.5. The number of methoxy groups -OCH3 is 1. The molecule has 0 saturated heterocycles. The van der Waals surface area contributed by atoms with Gasteiger partial charge in [-0.05, 0) is 54.7 Å². The van der Waals surface area contributed by atoms with Crippen LogP contribution in [0.15, 0.2) is 73.8 Å². The molecule has 2 aromatic rings. The highest BCUT2D eigenvalue weighted by molar-refractivity contribution is 5.93. The lowest BCUT2D eigenvalue weighted by Crippen LogP contribution is -2.56. The van der Waals surface area contributed by atoms with E-state index in [0.717, 1.165) is 17.5 Å². The van der Waals surface area contributed by atoms with Gasteiger partial charge in [0.2, 0.25) is 17.7 Å². The predicted molar refractivity (Wildman–Crippen MR) is 167 cm³/mol. The Balaban J connectivity index is 2.18. The number of amides is 3. The van der Waals surface area contributed by atoms with E-state index < -0.39 is 35.9 Å². The molecule has 0 saturated carbocycles. The van der Waals surface area contributed by atoms with Crippen LogP contribution < -0.4 is 31.2 Å². The van der Waals surface area contributed by atoms with Crippen molar-refractivity contribution in [2.24, 2.45) is 0 Å². The van der Waals surface area contributed by atoms with Crippen molar-refractivity contribution < 1.29 is 39.1 Å². The lowest BCUT2D eigenvalue weighted by molar-refractivity contribution is -0.368. The summed E-state index contributed by atoms with van der Waals surface area (Å²) in [6.45, 7) is 9.97. The summed E-state index contributed by atoms with van der Waals surface area (Å²) in [5.41, 5.74) is 5.41. The molecule has 2 aromatic carbocycles. The van der Waals surface area contributed by atoms with Gasteiger partial charge in [-0.1, -0.05) is 49.6 Å². The summed E-state index contributed by atoms with van der Waals surface area (Å²) in [6.07, 6.45) is 5.32. The maximum Gasteiger partial charge on any atom is 0.328 e. The molecular formula is C33H45N4O7+. The molecule has 3 atom stereocenters.